The van der Waals surface area contributed by atoms with E-state index in [0.29, 0.717) is 6.54 Å². The van der Waals surface area contributed by atoms with Crippen molar-refractivity contribution in [3.8, 4) is 16.3 Å². The molecule has 0 aliphatic heterocycles. The van der Waals surface area contributed by atoms with Gasteiger partial charge in [0.25, 0.3) is 0 Å². The highest BCUT2D eigenvalue weighted by Crippen LogP contribution is 2.30. The summed E-state index contributed by atoms with van der Waals surface area (Å²) in [5, 5.41) is 12.8. The zero-order valence-corrected chi connectivity index (χ0v) is 19.2. The van der Waals surface area contributed by atoms with Gasteiger partial charge in [0.2, 0.25) is 0 Å². The first kappa shape index (κ1) is 21.3. The molecule has 0 aliphatic carbocycles. The van der Waals surface area contributed by atoms with Gasteiger partial charge in [-0.05, 0) is 31.5 Å². The maximum absolute atomic E-state index is 6.05. The van der Waals surface area contributed by atoms with E-state index < -0.39 is 0 Å². The van der Waals surface area contributed by atoms with Crippen LogP contribution in [-0.4, -0.2) is 19.7 Å². The highest BCUT2D eigenvalue weighted by Gasteiger charge is 2.19. The van der Waals surface area contributed by atoms with E-state index in [1.54, 1.807) is 23.1 Å². The summed E-state index contributed by atoms with van der Waals surface area (Å²) >= 11 is 3.30. The summed E-state index contributed by atoms with van der Waals surface area (Å²) in [6.07, 6.45) is 1.63. The fourth-order valence-corrected chi connectivity index (χ4v) is 5.07. The van der Waals surface area contributed by atoms with E-state index in [4.69, 9.17) is 9.72 Å². The summed E-state index contributed by atoms with van der Waals surface area (Å²) in [7, 11) is 0. The molecule has 2 aromatic heterocycles. The summed E-state index contributed by atoms with van der Waals surface area (Å²) in [6, 6.07) is 18.1. The molecule has 1 unspecified atom stereocenters. The van der Waals surface area contributed by atoms with Crippen LogP contribution in [0.25, 0.3) is 10.6 Å². The predicted molar refractivity (Wildman–Crippen MR) is 128 cm³/mol. The van der Waals surface area contributed by atoms with Gasteiger partial charge in [0.05, 0.1) is 5.69 Å². The van der Waals surface area contributed by atoms with Crippen molar-refractivity contribution in [2.24, 2.45) is 0 Å². The second kappa shape index (κ2) is 9.94. The molecule has 0 saturated heterocycles. The third kappa shape index (κ3) is 5.06. The standard InChI is InChI=1S/C24H24N4OS2/c1-4-14-28-22(18(3)29-20-11-6-5-7-12-20)26-27-24(28)31-16-19-15-30-23(25-19)21-13-9-8-10-17(21)2/h4-13,15,18H,1,14,16H2,2-3H3. The third-order valence-electron chi connectivity index (χ3n) is 4.75. The minimum absolute atomic E-state index is 0.226. The summed E-state index contributed by atoms with van der Waals surface area (Å²) < 4.78 is 8.10. The zero-order valence-electron chi connectivity index (χ0n) is 17.6. The summed E-state index contributed by atoms with van der Waals surface area (Å²) in [5.41, 5.74) is 3.46. The van der Waals surface area contributed by atoms with E-state index in [1.807, 2.05) is 43.3 Å². The van der Waals surface area contributed by atoms with Crippen LogP contribution in [-0.2, 0) is 12.3 Å². The van der Waals surface area contributed by atoms with Gasteiger partial charge in [-0.3, -0.25) is 4.57 Å². The molecule has 0 spiro atoms. The quantitative estimate of drug-likeness (QED) is 0.221. The lowest BCUT2D eigenvalue weighted by atomic mass is 10.1. The first-order valence-corrected chi connectivity index (χ1v) is 11.9. The largest absolute Gasteiger partial charge is 0.483 e. The van der Waals surface area contributed by atoms with Crippen LogP contribution in [0.4, 0.5) is 0 Å². The maximum Gasteiger partial charge on any atom is 0.192 e. The number of aryl methyl sites for hydroxylation is 1. The van der Waals surface area contributed by atoms with Gasteiger partial charge in [0.1, 0.15) is 10.8 Å². The fraction of sp³-hybridized carbons (Fsp3) is 0.208. The Morgan fingerprint density at radius 1 is 1.13 bits per heavy atom. The number of ether oxygens (including phenoxy) is 1. The Morgan fingerprint density at radius 2 is 1.90 bits per heavy atom. The first-order valence-electron chi connectivity index (χ1n) is 10.0. The smallest absolute Gasteiger partial charge is 0.192 e. The Labute approximate surface area is 190 Å². The van der Waals surface area contributed by atoms with Gasteiger partial charge in [0, 0.05) is 23.2 Å². The first-order chi connectivity index (χ1) is 15.2. The molecule has 31 heavy (non-hydrogen) atoms. The molecule has 0 N–H and O–H groups in total. The molecule has 0 bridgehead atoms. The van der Waals surface area contributed by atoms with Crippen molar-refractivity contribution in [1.82, 2.24) is 19.7 Å². The van der Waals surface area contributed by atoms with E-state index in [1.165, 1.54) is 11.1 Å². The average Bonchev–Trinajstić information content (AvgIpc) is 3.41. The van der Waals surface area contributed by atoms with E-state index in [0.717, 1.165) is 33.2 Å². The predicted octanol–water partition coefficient (Wildman–Crippen LogP) is 6.33. The van der Waals surface area contributed by atoms with Crippen LogP contribution >= 0.6 is 23.1 Å². The molecular formula is C24H24N4OS2. The monoisotopic (exact) mass is 448 g/mol. The Kier molecular flexibility index (Phi) is 6.84. The van der Waals surface area contributed by atoms with E-state index in [2.05, 4.69) is 57.9 Å². The number of hydrogen-bond donors (Lipinski definition) is 0. The molecule has 0 radical (unpaired) electrons. The number of rotatable bonds is 9. The van der Waals surface area contributed by atoms with E-state index in [-0.39, 0.29) is 6.10 Å². The van der Waals surface area contributed by atoms with Crippen molar-refractivity contribution < 1.29 is 4.74 Å². The van der Waals surface area contributed by atoms with Crippen LogP contribution in [0.5, 0.6) is 5.75 Å². The molecule has 1 atom stereocenters. The van der Waals surface area contributed by atoms with Gasteiger partial charge >= 0.3 is 0 Å². The van der Waals surface area contributed by atoms with Crippen molar-refractivity contribution >= 4 is 23.1 Å². The Bertz CT molecular complexity index is 1150. The highest BCUT2D eigenvalue weighted by molar-refractivity contribution is 7.98. The van der Waals surface area contributed by atoms with Crippen molar-refractivity contribution in [3.05, 3.63) is 89.7 Å². The summed E-state index contributed by atoms with van der Waals surface area (Å²) in [4.78, 5) is 4.83. The van der Waals surface area contributed by atoms with Gasteiger partial charge in [-0.2, -0.15) is 0 Å². The average molecular weight is 449 g/mol. The molecule has 158 valence electrons. The topological polar surface area (TPSA) is 52.8 Å². The fourth-order valence-electron chi connectivity index (χ4n) is 3.21. The second-order valence-electron chi connectivity index (χ2n) is 7.06. The maximum atomic E-state index is 6.05. The molecule has 0 amide bonds. The number of aromatic nitrogens is 4. The Hall–Kier alpha value is -2.90. The number of thioether (sulfide) groups is 1. The summed E-state index contributed by atoms with van der Waals surface area (Å²) in [6.45, 7) is 8.61. The van der Waals surface area contributed by atoms with Gasteiger partial charge in [0.15, 0.2) is 17.1 Å². The molecule has 5 nitrogen and oxygen atoms in total. The normalized spacial score (nSPS) is 11.9. The molecule has 0 saturated carbocycles. The Morgan fingerprint density at radius 3 is 2.68 bits per heavy atom. The van der Waals surface area contributed by atoms with Crippen molar-refractivity contribution in [2.75, 3.05) is 0 Å². The molecular weight excluding hydrogens is 424 g/mol. The lowest BCUT2D eigenvalue weighted by Crippen LogP contribution is -2.12. The van der Waals surface area contributed by atoms with Crippen LogP contribution in [0.3, 0.4) is 0 Å². The number of para-hydroxylation sites is 1. The number of allylic oxidation sites excluding steroid dienone is 1. The number of hydrogen-bond acceptors (Lipinski definition) is 6. The number of nitrogens with zero attached hydrogens (tertiary/aromatic N) is 4. The lowest BCUT2D eigenvalue weighted by molar-refractivity contribution is 0.210. The van der Waals surface area contributed by atoms with Crippen molar-refractivity contribution in [2.45, 2.75) is 37.4 Å². The van der Waals surface area contributed by atoms with Gasteiger partial charge in [-0.25, -0.2) is 4.98 Å². The van der Waals surface area contributed by atoms with Crippen LogP contribution in [0.15, 0.2) is 77.8 Å². The van der Waals surface area contributed by atoms with Gasteiger partial charge in [-0.15, -0.1) is 28.1 Å². The second-order valence-corrected chi connectivity index (χ2v) is 8.86. The zero-order chi connectivity index (χ0) is 21.6. The molecule has 0 aliphatic rings. The third-order valence-corrected chi connectivity index (χ3v) is 6.68. The lowest BCUT2D eigenvalue weighted by Gasteiger charge is -2.15. The molecule has 4 aromatic rings. The van der Waals surface area contributed by atoms with Crippen molar-refractivity contribution in [3.63, 3.8) is 0 Å². The number of benzene rings is 2. The van der Waals surface area contributed by atoms with E-state index in [9.17, 15) is 0 Å². The van der Waals surface area contributed by atoms with Crippen LogP contribution < -0.4 is 4.74 Å². The molecule has 0 fully saturated rings. The molecule has 2 heterocycles. The van der Waals surface area contributed by atoms with Gasteiger partial charge in [-0.1, -0.05) is 60.3 Å². The molecule has 7 heteroatoms. The van der Waals surface area contributed by atoms with Crippen LogP contribution in [0.1, 0.15) is 30.1 Å². The molecule has 4 rings (SSSR count). The SMILES string of the molecule is C=CCn1c(SCc2csc(-c3ccccc3C)n2)nnc1C(C)Oc1ccccc1. The summed E-state index contributed by atoms with van der Waals surface area (Å²) in [5.74, 6) is 2.32. The minimum Gasteiger partial charge on any atom is -0.483 e. The van der Waals surface area contributed by atoms with Crippen LogP contribution in [0, 0.1) is 6.92 Å². The van der Waals surface area contributed by atoms with Crippen LogP contribution in [0.2, 0.25) is 0 Å². The highest BCUT2D eigenvalue weighted by atomic mass is 32.2. The minimum atomic E-state index is -0.226. The number of thiazole rings is 1. The van der Waals surface area contributed by atoms with Gasteiger partial charge < -0.3 is 4.74 Å². The van der Waals surface area contributed by atoms with E-state index >= 15 is 0 Å². The Balaban J connectivity index is 1.48. The van der Waals surface area contributed by atoms with Crippen molar-refractivity contribution in [1.29, 1.82) is 0 Å². The molecule has 2 aromatic carbocycles.